The average molecular weight is 1960 g/mol. The maximum absolute atomic E-state index is 14.4. The molecule has 0 radical (unpaired) electrons. The van der Waals surface area contributed by atoms with Gasteiger partial charge >= 0.3 is 18.2 Å². The number of methoxy groups -OCH3 is 2. The third kappa shape index (κ3) is 54.4. The molecule has 0 aromatic heterocycles. The number of rotatable bonds is 82. The molecule has 43 nitrogen and oxygen atoms in total. The molecule has 0 saturated carbocycles. The number of nitro groups is 1. The Hall–Kier alpha value is -10.1. The van der Waals surface area contributed by atoms with Gasteiger partial charge in [-0.25, -0.2) is 9.59 Å². The van der Waals surface area contributed by atoms with Gasteiger partial charge in [0.1, 0.15) is 55.3 Å². The van der Waals surface area contributed by atoms with E-state index in [4.69, 9.17) is 104 Å². The van der Waals surface area contributed by atoms with E-state index in [2.05, 4.69) is 42.5 Å². The van der Waals surface area contributed by atoms with Crippen molar-refractivity contribution in [1.29, 1.82) is 0 Å². The van der Waals surface area contributed by atoms with E-state index in [-0.39, 0.29) is 145 Å². The predicted octanol–water partition coefficient (Wildman–Crippen LogP) is 5.88. The number of hydrogen-bond donors (Lipinski definition) is 8. The summed E-state index contributed by atoms with van der Waals surface area (Å²) in [5.74, 6) is -6.36. The lowest BCUT2D eigenvalue weighted by Crippen LogP contribution is -2.57. The number of unbranched alkanes of at least 4 members (excludes halogenated alkanes) is 1. The molecular formula is C95H145N9O34. The lowest BCUT2D eigenvalue weighted by atomic mass is 9.98. The molecule has 1 aliphatic carbocycles. The minimum Gasteiger partial charge on any atom is -0.460 e. The van der Waals surface area contributed by atoms with Gasteiger partial charge in [0.05, 0.1) is 223 Å². The zero-order valence-electron chi connectivity index (χ0n) is 81.0. The van der Waals surface area contributed by atoms with Crippen molar-refractivity contribution in [3.05, 3.63) is 123 Å². The lowest BCUT2D eigenvalue weighted by Gasteiger charge is -2.27. The van der Waals surface area contributed by atoms with E-state index in [1.165, 1.54) is 37.3 Å². The molecule has 774 valence electrons. The fourth-order valence-corrected chi connectivity index (χ4v) is 12.8. The Morgan fingerprint density at radius 1 is 0.420 bits per heavy atom. The first kappa shape index (κ1) is 118. The first-order chi connectivity index (χ1) is 66.9. The number of ether oxygens (including phenoxy) is 22. The molecule has 0 fully saturated rings. The van der Waals surface area contributed by atoms with Gasteiger partial charge in [-0.2, -0.15) is 0 Å². The number of esters is 1. The molecule has 0 unspecified atom stereocenters. The van der Waals surface area contributed by atoms with Gasteiger partial charge in [-0.05, 0) is 112 Å². The summed E-state index contributed by atoms with van der Waals surface area (Å²) < 4.78 is 120. The van der Waals surface area contributed by atoms with E-state index >= 15 is 0 Å². The van der Waals surface area contributed by atoms with Gasteiger partial charge in [0, 0.05) is 81.6 Å². The highest BCUT2D eigenvalue weighted by Crippen LogP contribution is 2.44. The van der Waals surface area contributed by atoms with Crippen molar-refractivity contribution in [3.8, 4) is 16.9 Å². The van der Waals surface area contributed by atoms with Crippen LogP contribution in [0.15, 0.2) is 91.0 Å². The van der Waals surface area contributed by atoms with E-state index in [0.29, 0.717) is 191 Å². The fraction of sp³-hybridized carbons (Fsp3) is 0.642. The van der Waals surface area contributed by atoms with Crippen LogP contribution in [-0.2, 0) is 140 Å². The summed E-state index contributed by atoms with van der Waals surface area (Å²) in [7, 11) is 3.23. The Bertz CT molecular complexity index is 4070. The Morgan fingerprint density at radius 3 is 1.33 bits per heavy atom. The van der Waals surface area contributed by atoms with Crippen LogP contribution < -0.4 is 47.3 Å². The summed E-state index contributed by atoms with van der Waals surface area (Å²) in [5.41, 5.74) is 3.05. The van der Waals surface area contributed by atoms with Crippen LogP contribution in [0.4, 0.5) is 21.0 Å². The highest BCUT2D eigenvalue weighted by molar-refractivity contribution is 6.01. The summed E-state index contributed by atoms with van der Waals surface area (Å²) in [6, 6.07) is 19.3. The van der Waals surface area contributed by atoms with Gasteiger partial charge in [0.15, 0.2) is 0 Å². The molecule has 4 aromatic rings. The Morgan fingerprint density at radius 2 is 0.870 bits per heavy atom. The first-order valence-electron chi connectivity index (χ1n) is 46.7. The third-order valence-electron chi connectivity index (χ3n) is 19.8. The molecule has 0 heterocycles. The van der Waals surface area contributed by atoms with E-state index in [0.717, 1.165) is 34.4 Å². The molecule has 4 aromatic carbocycles. The fourth-order valence-electron chi connectivity index (χ4n) is 12.8. The van der Waals surface area contributed by atoms with Gasteiger partial charge in [-0.15, -0.1) is 0 Å². The maximum atomic E-state index is 14.4. The number of carbonyl (C=O) groups excluding carboxylic acids is 10. The van der Waals surface area contributed by atoms with Gasteiger partial charge in [0.2, 0.25) is 35.4 Å². The van der Waals surface area contributed by atoms with Crippen LogP contribution in [0.2, 0.25) is 0 Å². The largest absolute Gasteiger partial charge is 0.514 e. The number of amides is 8. The van der Waals surface area contributed by atoms with E-state index in [1.54, 1.807) is 48.8 Å². The summed E-state index contributed by atoms with van der Waals surface area (Å²) >= 11 is 0. The predicted molar refractivity (Wildman–Crippen MR) is 501 cm³/mol. The molecule has 43 heteroatoms. The standard InChI is InChI=1S/C95H145N9O34/c1-70(2)87(92(112)99-71(3)88(108)100-73-23-22-72(67-136-94(114)137-75-26-24-74(25-27-75)104(115)116)80(66-73)89(109)98-32-33-119-38-39-122-44-45-125-50-51-128-54-52-126-48-46-123-42-40-120-36-34-117-7)103-91(111)83(28-29-86(107)138-95(4,5)6)101-84(105)21-15-31-97-90(110)82(102-93(113)135-68-81-78-18-11-9-16-76(78)77-17-10-12-19-79(77)81)20-13-14-30-96-85(106)69-134-65-64-133-63-62-132-61-60-131-59-58-130-57-56-129-55-53-127-49-47-124-43-41-121-37-35-118-8/h9-12,16-19,22-27,66,70-71,81-83,87H,13-15,20-21,28-65,67-69H2,1-8H3,(H,96,106)(H,97,110)(H,98,109)(H,99,112)(H,100,108)(H,101,105)(H,102,113)(H,103,111)/t71-,82-,83-,87-/m0/s1. The number of nitro benzene ring substituents is 1. The van der Waals surface area contributed by atoms with Gasteiger partial charge in [-0.3, -0.25) is 48.5 Å². The molecule has 4 atom stereocenters. The number of benzene rings is 4. The van der Waals surface area contributed by atoms with E-state index in [9.17, 15) is 58.1 Å². The Balaban J connectivity index is 1.07. The van der Waals surface area contributed by atoms with Crippen molar-refractivity contribution < 1.29 is 157 Å². The normalized spacial score (nSPS) is 12.6. The Labute approximate surface area is 807 Å². The van der Waals surface area contributed by atoms with Crippen LogP contribution in [0.5, 0.6) is 5.75 Å². The number of fused-ring (bicyclic) bond motifs is 3. The molecule has 8 N–H and O–H groups in total. The van der Waals surface area contributed by atoms with E-state index < -0.39 is 101 Å². The monoisotopic (exact) mass is 1960 g/mol. The number of nitrogens with one attached hydrogen (secondary N) is 8. The minimum absolute atomic E-state index is 0.00438. The summed E-state index contributed by atoms with van der Waals surface area (Å²) in [4.78, 5) is 147. The first-order valence-corrected chi connectivity index (χ1v) is 46.7. The second-order valence-electron chi connectivity index (χ2n) is 32.2. The molecule has 5 rings (SSSR count). The van der Waals surface area contributed by atoms with Crippen molar-refractivity contribution >= 4 is 70.9 Å². The van der Waals surface area contributed by atoms with Crippen molar-refractivity contribution in [1.82, 2.24) is 37.2 Å². The molecule has 0 aliphatic heterocycles. The second kappa shape index (κ2) is 73.9. The zero-order chi connectivity index (χ0) is 99.9. The highest BCUT2D eigenvalue weighted by Gasteiger charge is 2.34. The van der Waals surface area contributed by atoms with Crippen molar-refractivity contribution in [2.24, 2.45) is 5.92 Å². The van der Waals surface area contributed by atoms with Crippen molar-refractivity contribution in [2.75, 3.05) is 270 Å². The number of carbonyl (C=O) groups is 10. The van der Waals surface area contributed by atoms with Crippen molar-refractivity contribution in [2.45, 2.75) is 129 Å². The SMILES string of the molecule is COCCOCCOCCOCCOCCOCCOCCOCCNC(=O)c1cc(NC(=O)[C@H](C)NC(=O)[C@@H](NC(=O)[C@H](CCC(=O)OC(C)(C)C)NC(=O)CCCNC(=O)[C@H](CCCCNC(=O)COCCOCCOCCOCCOCCOCCOCCOCCOCCOC)NC(=O)OCC2c3ccccc3-c3ccccc32)C(C)C)ccc1COC(=O)Oc1ccc([N+](=O)[O-])cc1. The smallest absolute Gasteiger partial charge is 0.460 e. The van der Waals surface area contributed by atoms with Crippen LogP contribution in [0, 0.1) is 16.0 Å². The Kier molecular flexibility index (Phi) is 63.4. The topological polar surface area (TPSA) is 513 Å². The lowest BCUT2D eigenvalue weighted by molar-refractivity contribution is -0.384. The number of alkyl carbamates (subject to hydrolysis) is 1. The minimum atomic E-state index is -1.41. The third-order valence-corrected chi connectivity index (χ3v) is 19.8. The molecule has 0 bridgehead atoms. The number of non-ortho nitro benzene ring substituents is 1. The molecule has 8 amide bonds. The molecule has 0 saturated heterocycles. The summed E-state index contributed by atoms with van der Waals surface area (Å²) in [6.07, 6.45) is -1.98. The zero-order valence-corrected chi connectivity index (χ0v) is 81.0. The summed E-state index contributed by atoms with van der Waals surface area (Å²) in [6.45, 7) is 21.9. The number of nitrogens with zero attached hydrogens (tertiary/aromatic N) is 1. The van der Waals surface area contributed by atoms with Crippen LogP contribution in [0.25, 0.3) is 11.1 Å². The van der Waals surface area contributed by atoms with Gasteiger partial charge in [0.25, 0.3) is 11.6 Å². The van der Waals surface area contributed by atoms with Crippen LogP contribution in [-0.4, -0.2) is 359 Å². The highest BCUT2D eigenvalue weighted by atomic mass is 16.7. The van der Waals surface area contributed by atoms with Crippen LogP contribution in [0.1, 0.15) is 119 Å². The average Bonchev–Trinajstić information content (AvgIpc) is 1.61. The maximum Gasteiger partial charge on any atom is 0.514 e. The second-order valence-corrected chi connectivity index (χ2v) is 32.2. The molecular weight excluding hydrogens is 1810 g/mol. The molecule has 0 spiro atoms. The molecule has 1 aliphatic rings. The quantitative estimate of drug-likeness (QED) is 0.00638. The van der Waals surface area contributed by atoms with Gasteiger partial charge in [-0.1, -0.05) is 68.4 Å². The number of anilines is 1. The molecule has 138 heavy (non-hydrogen) atoms. The van der Waals surface area contributed by atoms with Gasteiger partial charge < -0.3 is 147 Å². The summed E-state index contributed by atoms with van der Waals surface area (Å²) in [5, 5.41) is 32.9. The van der Waals surface area contributed by atoms with Crippen LogP contribution in [0.3, 0.4) is 0 Å². The van der Waals surface area contributed by atoms with Crippen molar-refractivity contribution in [3.63, 3.8) is 0 Å². The van der Waals surface area contributed by atoms with E-state index in [1.807, 2.05) is 48.5 Å². The van der Waals surface area contributed by atoms with Crippen LogP contribution >= 0.6 is 0 Å². The number of hydrogen-bond acceptors (Lipinski definition) is 34.